The van der Waals surface area contributed by atoms with Gasteiger partial charge >= 0.3 is 5.97 Å². The van der Waals surface area contributed by atoms with Crippen molar-refractivity contribution in [1.29, 1.82) is 0 Å². The molecule has 2 N–H and O–H groups in total. The summed E-state index contributed by atoms with van der Waals surface area (Å²) in [4.78, 5) is 11.2. The fraction of sp³-hybridized carbons (Fsp3) is 0.179. The van der Waals surface area contributed by atoms with Crippen molar-refractivity contribution in [2.75, 3.05) is 7.11 Å². The summed E-state index contributed by atoms with van der Waals surface area (Å²) in [6.07, 6.45) is 0. The minimum absolute atomic E-state index is 0. The second-order valence-electron chi connectivity index (χ2n) is 8.18. The number of carboxylic acid groups (broad SMARTS) is 1. The van der Waals surface area contributed by atoms with Gasteiger partial charge in [-0.05, 0) is 83.3 Å². The summed E-state index contributed by atoms with van der Waals surface area (Å²) >= 11 is 0. The van der Waals surface area contributed by atoms with Gasteiger partial charge in [0.15, 0.2) is 0 Å². The van der Waals surface area contributed by atoms with Crippen molar-refractivity contribution in [1.82, 2.24) is 5.32 Å². The molecule has 0 saturated carbocycles. The van der Waals surface area contributed by atoms with Gasteiger partial charge in [0.05, 0.1) is 12.7 Å². The lowest BCUT2D eigenvalue weighted by atomic mass is 9.92. The van der Waals surface area contributed by atoms with Crippen LogP contribution in [-0.2, 0) is 0 Å². The Morgan fingerprint density at radius 3 is 2.35 bits per heavy atom. The van der Waals surface area contributed by atoms with Crippen LogP contribution in [0.5, 0.6) is 5.75 Å². The molecule has 2 atom stereocenters. The van der Waals surface area contributed by atoms with Gasteiger partial charge in [-0.15, -0.1) is 12.4 Å². The van der Waals surface area contributed by atoms with E-state index in [0.29, 0.717) is 5.56 Å². The van der Waals surface area contributed by atoms with E-state index in [2.05, 4.69) is 31.3 Å². The average Bonchev–Trinajstić information content (AvgIpc) is 2.83. The summed E-state index contributed by atoms with van der Waals surface area (Å²) in [6, 6.07) is 24.5. The lowest BCUT2D eigenvalue weighted by Gasteiger charge is -2.22. The second kappa shape index (κ2) is 10.7. The molecule has 4 aromatic rings. The van der Waals surface area contributed by atoms with E-state index in [4.69, 9.17) is 4.74 Å². The van der Waals surface area contributed by atoms with Crippen LogP contribution in [0.2, 0.25) is 0 Å². The highest BCUT2D eigenvalue weighted by atomic mass is 35.5. The smallest absolute Gasteiger partial charge is 0.338 e. The quantitative estimate of drug-likeness (QED) is 0.294. The van der Waals surface area contributed by atoms with E-state index in [1.807, 2.05) is 48.5 Å². The highest BCUT2D eigenvalue weighted by Crippen LogP contribution is 2.34. The summed E-state index contributed by atoms with van der Waals surface area (Å²) in [5, 5.41) is 14.8. The normalized spacial score (nSPS) is 12.6. The van der Waals surface area contributed by atoms with Crippen LogP contribution in [0.25, 0.3) is 21.9 Å². The van der Waals surface area contributed by atoms with Gasteiger partial charge in [0.25, 0.3) is 0 Å². The zero-order valence-corrected chi connectivity index (χ0v) is 20.0. The maximum Gasteiger partial charge on any atom is 0.338 e. The van der Waals surface area contributed by atoms with E-state index in [0.717, 1.165) is 33.2 Å². The fourth-order valence-electron chi connectivity index (χ4n) is 4.16. The molecule has 176 valence electrons. The lowest BCUT2D eigenvalue weighted by molar-refractivity contribution is 0.0692. The Kier molecular flexibility index (Phi) is 7.92. The molecule has 0 fully saturated rings. The van der Waals surface area contributed by atoms with Crippen LogP contribution in [0, 0.1) is 5.82 Å². The molecule has 0 amide bonds. The molecule has 4 rings (SSSR count). The van der Waals surface area contributed by atoms with Crippen LogP contribution in [0.1, 0.15) is 47.4 Å². The maximum atomic E-state index is 14.5. The number of rotatable bonds is 7. The van der Waals surface area contributed by atoms with Crippen LogP contribution in [-0.4, -0.2) is 18.2 Å². The standard InChI is InChI=1S/C28H26FNO3.ClH/c1-17(19-8-6-9-23(14-19)33-3)30-18(2)22-13-20-7-4-5-10-24(20)26(15-22)21-11-12-25(28(31)32)27(29)16-21;/h4-18,30H,1-3H3,(H,31,32);1H/t17-,18?;/m1./s1. The number of benzene rings is 4. The third-order valence-corrected chi connectivity index (χ3v) is 5.99. The SMILES string of the molecule is COc1cccc([C@@H](C)NC(C)c2cc(-c3ccc(C(=O)O)c(F)c3)c3ccccc3c2)c1.Cl. The minimum atomic E-state index is -1.28. The van der Waals surface area contributed by atoms with Gasteiger partial charge in [-0.3, -0.25) is 0 Å². The molecule has 0 heterocycles. The van der Waals surface area contributed by atoms with Gasteiger partial charge in [-0.25, -0.2) is 9.18 Å². The van der Waals surface area contributed by atoms with Crippen molar-refractivity contribution in [2.24, 2.45) is 0 Å². The van der Waals surface area contributed by atoms with Gasteiger partial charge in [0, 0.05) is 12.1 Å². The van der Waals surface area contributed by atoms with Crippen molar-refractivity contribution < 1.29 is 19.0 Å². The first-order chi connectivity index (χ1) is 15.9. The number of nitrogens with one attached hydrogen (secondary N) is 1. The highest BCUT2D eigenvalue weighted by molar-refractivity contribution is 5.98. The molecule has 6 heteroatoms. The summed E-state index contributed by atoms with van der Waals surface area (Å²) < 4.78 is 19.8. The Morgan fingerprint density at radius 2 is 1.65 bits per heavy atom. The molecule has 0 aliphatic carbocycles. The number of aromatic carboxylic acids is 1. The lowest BCUT2D eigenvalue weighted by Crippen LogP contribution is -2.22. The molecule has 0 radical (unpaired) electrons. The van der Waals surface area contributed by atoms with E-state index in [-0.39, 0.29) is 30.1 Å². The van der Waals surface area contributed by atoms with E-state index in [1.54, 1.807) is 13.2 Å². The summed E-state index contributed by atoms with van der Waals surface area (Å²) in [7, 11) is 1.66. The van der Waals surface area contributed by atoms with E-state index in [9.17, 15) is 14.3 Å². The largest absolute Gasteiger partial charge is 0.497 e. The molecule has 1 unspecified atom stereocenters. The molecule has 0 bridgehead atoms. The first-order valence-electron chi connectivity index (χ1n) is 10.8. The van der Waals surface area contributed by atoms with Gasteiger partial charge in [-0.1, -0.05) is 42.5 Å². The van der Waals surface area contributed by atoms with Crippen molar-refractivity contribution in [3.63, 3.8) is 0 Å². The average molecular weight is 480 g/mol. The van der Waals surface area contributed by atoms with Crippen molar-refractivity contribution >= 4 is 29.1 Å². The number of hydrogen-bond acceptors (Lipinski definition) is 3. The topological polar surface area (TPSA) is 58.6 Å². The van der Waals surface area contributed by atoms with Crippen molar-refractivity contribution in [2.45, 2.75) is 25.9 Å². The predicted molar refractivity (Wildman–Crippen MR) is 137 cm³/mol. The number of fused-ring (bicyclic) bond motifs is 1. The summed E-state index contributed by atoms with van der Waals surface area (Å²) in [5.41, 5.74) is 3.35. The summed E-state index contributed by atoms with van der Waals surface area (Å²) in [5.74, 6) is -1.21. The maximum absolute atomic E-state index is 14.5. The van der Waals surface area contributed by atoms with Crippen LogP contribution in [0.15, 0.2) is 78.9 Å². The second-order valence-corrected chi connectivity index (χ2v) is 8.18. The Bertz CT molecular complexity index is 1320. The monoisotopic (exact) mass is 479 g/mol. The molecule has 0 aliphatic rings. The number of hydrogen-bond donors (Lipinski definition) is 2. The van der Waals surface area contributed by atoms with E-state index in [1.165, 1.54) is 12.1 Å². The third-order valence-electron chi connectivity index (χ3n) is 5.99. The Hall–Kier alpha value is -3.41. The van der Waals surface area contributed by atoms with Crippen LogP contribution in [0.3, 0.4) is 0 Å². The summed E-state index contributed by atoms with van der Waals surface area (Å²) in [6.45, 7) is 4.20. The first kappa shape index (κ1) is 25.2. The fourth-order valence-corrected chi connectivity index (χ4v) is 4.16. The van der Waals surface area contributed by atoms with Crippen LogP contribution >= 0.6 is 12.4 Å². The molecule has 0 spiro atoms. The molecule has 0 aromatic heterocycles. The number of halogens is 2. The van der Waals surface area contributed by atoms with Gasteiger partial charge in [0.1, 0.15) is 11.6 Å². The third kappa shape index (κ3) is 5.22. The number of carbonyl (C=O) groups is 1. The van der Waals surface area contributed by atoms with Gasteiger partial charge in [-0.2, -0.15) is 0 Å². The highest BCUT2D eigenvalue weighted by Gasteiger charge is 2.16. The number of ether oxygens (including phenoxy) is 1. The zero-order valence-electron chi connectivity index (χ0n) is 19.2. The molecule has 34 heavy (non-hydrogen) atoms. The zero-order chi connectivity index (χ0) is 23.5. The molecule has 0 aliphatic heterocycles. The van der Waals surface area contributed by atoms with E-state index >= 15 is 0 Å². The van der Waals surface area contributed by atoms with Crippen molar-refractivity contribution in [3.8, 4) is 16.9 Å². The van der Waals surface area contributed by atoms with E-state index < -0.39 is 11.8 Å². The predicted octanol–water partition coefficient (Wildman–Crippen LogP) is 7.19. The van der Waals surface area contributed by atoms with Gasteiger partial charge < -0.3 is 15.2 Å². The molecule has 4 aromatic carbocycles. The minimum Gasteiger partial charge on any atom is -0.497 e. The first-order valence-corrected chi connectivity index (χ1v) is 10.8. The van der Waals surface area contributed by atoms with Crippen LogP contribution < -0.4 is 10.1 Å². The number of carboxylic acids is 1. The van der Waals surface area contributed by atoms with Crippen molar-refractivity contribution in [3.05, 3.63) is 101 Å². The molecule has 0 saturated heterocycles. The molecule has 4 nitrogen and oxygen atoms in total. The Balaban J connectivity index is 0.00000324. The van der Waals surface area contributed by atoms with Gasteiger partial charge in [0.2, 0.25) is 0 Å². The Labute approximate surface area is 204 Å². The number of methoxy groups -OCH3 is 1. The Morgan fingerprint density at radius 1 is 0.912 bits per heavy atom. The molecular weight excluding hydrogens is 453 g/mol. The van der Waals surface area contributed by atoms with Crippen LogP contribution in [0.4, 0.5) is 4.39 Å². The molecular formula is C28H27ClFNO3.